The monoisotopic (exact) mass is 354 g/mol. The maximum Gasteiger partial charge on any atom is 0.356 e. The number of carbonyl (C=O) groups is 2. The molecule has 0 aliphatic rings. The number of nitro groups is 1. The van der Waals surface area contributed by atoms with Crippen LogP contribution < -0.4 is 5.73 Å². The van der Waals surface area contributed by atoms with E-state index in [0.717, 1.165) is 0 Å². The third kappa shape index (κ3) is 2.75. The number of hydrogen-bond acceptors (Lipinski definition) is 6. The molecule has 0 spiro atoms. The Hall–Kier alpha value is -3.75. The van der Waals surface area contributed by atoms with E-state index in [0.29, 0.717) is 5.52 Å². The second-order valence-electron chi connectivity index (χ2n) is 5.31. The number of aromatic nitrogens is 2. The normalized spacial score (nSPS) is 10.7. The Morgan fingerprint density at radius 2 is 2.00 bits per heavy atom. The second kappa shape index (κ2) is 6.63. The number of nitrogens with two attached hydrogens (primary N) is 1. The van der Waals surface area contributed by atoms with Gasteiger partial charge in [-0.25, -0.2) is 9.31 Å². The number of carbonyl (C=O) groups excluding carboxylic acids is 2. The highest BCUT2D eigenvalue weighted by Crippen LogP contribution is 2.35. The number of rotatable bonds is 5. The average Bonchev–Trinajstić information content (AvgIpc) is 3.05. The van der Waals surface area contributed by atoms with Gasteiger partial charge in [-0.15, -0.1) is 0 Å². The summed E-state index contributed by atoms with van der Waals surface area (Å²) in [5.41, 5.74) is 6.16. The second-order valence-corrected chi connectivity index (χ2v) is 5.31. The Bertz CT molecular complexity index is 1040. The van der Waals surface area contributed by atoms with E-state index in [9.17, 15) is 19.7 Å². The zero-order chi connectivity index (χ0) is 18.8. The highest BCUT2D eigenvalue weighted by atomic mass is 16.6. The molecule has 2 aromatic heterocycles. The number of amides is 1. The van der Waals surface area contributed by atoms with Gasteiger partial charge in [-0.1, -0.05) is 12.1 Å². The van der Waals surface area contributed by atoms with E-state index < -0.39 is 16.8 Å². The van der Waals surface area contributed by atoms with Crippen molar-refractivity contribution in [3.8, 4) is 11.1 Å². The lowest BCUT2D eigenvalue weighted by Gasteiger charge is -2.10. The molecule has 0 fully saturated rings. The predicted octanol–water partition coefficient (Wildman–Crippen LogP) is 2.19. The molecule has 132 valence electrons. The van der Waals surface area contributed by atoms with Crippen molar-refractivity contribution >= 4 is 23.1 Å². The largest absolute Gasteiger partial charge is 0.461 e. The van der Waals surface area contributed by atoms with Crippen molar-refractivity contribution in [3.63, 3.8) is 0 Å². The molecule has 0 radical (unpaired) electrons. The molecular weight excluding hydrogens is 340 g/mol. The fourth-order valence-corrected chi connectivity index (χ4v) is 2.73. The smallest absolute Gasteiger partial charge is 0.356 e. The molecule has 9 nitrogen and oxygen atoms in total. The number of fused-ring (bicyclic) bond motifs is 1. The number of nitro benzene ring substituents is 1. The average molecular weight is 354 g/mol. The Balaban J connectivity index is 2.36. The number of ether oxygens (including phenoxy) is 1. The Morgan fingerprint density at radius 1 is 1.27 bits per heavy atom. The molecule has 1 aromatic carbocycles. The van der Waals surface area contributed by atoms with Gasteiger partial charge >= 0.3 is 5.97 Å². The maximum atomic E-state index is 12.1. The third-order valence-corrected chi connectivity index (χ3v) is 3.80. The lowest BCUT2D eigenvalue weighted by atomic mass is 9.99. The van der Waals surface area contributed by atoms with Gasteiger partial charge in [0.25, 0.3) is 11.6 Å². The third-order valence-electron chi connectivity index (χ3n) is 3.80. The zero-order valence-electron chi connectivity index (χ0n) is 13.7. The van der Waals surface area contributed by atoms with Crippen LogP contribution in [0.1, 0.15) is 27.8 Å². The molecule has 0 atom stereocenters. The Morgan fingerprint density at radius 3 is 2.65 bits per heavy atom. The number of benzene rings is 1. The molecule has 0 saturated carbocycles. The molecule has 2 N–H and O–H groups in total. The molecule has 0 aliphatic heterocycles. The zero-order valence-corrected chi connectivity index (χ0v) is 13.7. The molecule has 0 bridgehead atoms. The van der Waals surface area contributed by atoms with E-state index in [4.69, 9.17) is 10.5 Å². The number of esters is 1. The summed E-state index contributed by atoms with van der Waals surface area (Å²) in [5, 5.41) is 15.5. The Labute approximate surface area is 147 Å². The highest BCUT2D eigenvalue weighted by Gasteiger charge is 2.24. The first-order chi connectivity index (χ1) is 12.5. The van der Waals surface area contributed by atoms with Crippen LogP contribution in [0.5, 0.6) is 0 Å². The van der Waals surface area contributed by atoms with E-state index in [1.54, 1.807) is 13.0 Å². The van der Waals surface area contributed by atoms with Gasteiger partial charge in [0, 0.05) is 11.6 Å². The summed E-state index contributed by atoms with van der Waals surface area (Å²) in [4.78, 5) is 34.8. The van der Waals surface area contributed by atoms with Crippen molar-refractivity contribution in [2.75, 3.05) is 6.61 Å². The first-order valence-electron chi connectivity index (χ1n) is 7.67. The van der Waals surface area contributed by atoms with E-state index in [1.165, 1.54) is 41.0 Å². The number of hydrogen-bond donors (Lipinski definition) is 1. The van der Waals surface area contributed by atoms with Gasteiger partial charge in [0.15, 0.2) is 5.69 Å². The van der Waals surface area contributed by atoms with Crippen LogP contribution in [0.4, 0.5) is 5.69 Å². The maximum absolute atomic E-state index is 12.1. The van der Waals surface area contributed by atoms with Gasteiger partial charge in [-0.3, -0.25) is 14.9 Å². The molecule has 26 heavy (non-hydrogen) atoms. The number of para-hydroxylation sites is 1. The summed E-state index contributed by atoms with van der Waals surface area (Å²) < 4.78 is 6.25. The summed E-state index contributed by atoms with van der Waals surface area (Å²) in [6, 6.07) is 8.98. The molecule has 3 aromatic rings. The highest BCUT2D eigenvalue weighted by molar-refractivity contribution is 6.05. The van der Waals surface area contributed by atoms with Crippen LogP contribution in [-0.2, 0) is 4.74 Å². The quantitative estimate of drug-likeness (QED) is 0.424. The lowest BCUT2D eigenvalue weighted by Crippen LogP contribution is -2.16. The first-order valence-corrected chi connectivity index (χ1v) is 7.67. The summed E-state index contributed by atoms with van der Waals surface area (Å²) in [6.07, 6.45) is 1.18. The van der Waals surface area contributed by atoms with E-state index in [2.05, 4.69) is 5.10 Å². The van der Waals surface area contributed by atoms with Crippen LogP contribution in [0, 0.1) is 10.1 Å². The van der Waals surface area contributed by atoms with Crippen molar-refractivity contribution in [2.45, 2.75) is 6.92 Å². The van der Waals surface area contributed by atoms with Crippen LogP contribution in [0.3, 0.4) is 0 Å². The van der Waals surface area contributed by atoms with Crippen molar-refractivity contribution in [1.29, 1.82) is 0 Å². The van der Waals surface area contributed by atoms with Crippen molar-refractivity contribution in [2.24, 2.45) is 5.73 Å². The molecule has 0 saturated heterocycles. The van der Waals surface area contributed by atoms with E-state index >= 15 is 0 Å². The van der Waals surface area contributed by atoms with Gasteiger partial charge in [-0.05, 0) is 25.1 Å². The minimum Gasteiger partial charge on any atom is -0.461 e. The van der Waals surface area contributed by atoms with Crippen LogP contribution >= 0.6 is 0 Å². The minimum atomic E-state index is -0.785. The van der Waals surface area contributed by atoms with Crippen LogP contribution in [0.2, 0.25) is 0 Å². The molecule has 2 heterocycles. The van der Waals surface area contributed by atoms with Crippen molar-refractivity contribution < 1.29 is 19.2 Å². The predicted molar refractivity (Wildman–Crippen MR) is 91.8 cm³/mol. The van der Waals surface area contributed by atoms with Gasteiger partial charge in [-0.2, -0.15) is 5.10 Å². The molecule has 0 unspecified atom stereocenters. The molecular formula is C17H14N4O5. The van der Waals surface area contributed by atoms with E-state index in [1.807, 2.05) is 0 Å². The van der Waals surface area contributed by atoms with Gasteiger partial charge in [0.2, 0.25) is 0 Å². The summed E-state index contributed by atoms with van der Waals surface area (Å²) in [5.74, 6) is -1.38. The van der Waals surface area contributed by atoms with Gasteiger partial charge < -0.3 is 10.5 Å². The SMILES string of the molecule is CCOC(=O)c1ccc2c(-c3ccccc3[N+](=O)[O-])c(C(N)=O)cnn12. The van der Waals surface area contributed by atoms with Gasteiger partial charge in [0.1, 0.15) is 0 Å². The molecule has 1 amide bonds. The number of nitrogens with zero attached hydrogens (tertiary/aromatic N) is 3. The number of primary amides is 1. The summed E-state index contributed by atoms with van der Waals surface area (Å²) in [6.45, 7) is 1.85. The summed E-state index contributed by atoms with van der Waals surface area (Å²) in [7, 11) is 0. The standard InChI is InChI=1S/C17H14N4O5/c1-2-26-17(23)14-8-7-13-15(11(16(18)22)9-19-20(13)14)10-5-3-4-6-12(10)21(24)25/h3-9H,2H2,1H3,(H2,18,22). The fourth-order valence-electron chi connectivity index (χ4n) is 2.73. The van der Waals surface area contributed by atoms with Gasteiger partial charge in [0.05, 0.1) is 34.4 Å². The molecule has 9 heteroatoms. The van der Waals surface area contributed by atoms with Crippen LogP contribution in [0.15, 0.2) is 42.6 Å². The topological polar surface area (TPSA) is 130 Å². The Kier molecular flexibility index (Phi) is 4.36. The van der Waals surface area contributed by atoms with Crippen molar-refractivity contribution in [3.05, 3.63) is 64.0 Å². The van der Waals surface area contributed by atoms with Crippen LogP contribution in [0.25, 0.3) is 16.6 Å². The molecule has 0 aliphatic carbocycles. The van der Waals surface area contributed by atoms with Crippen LogP contribution in [-0.4, -0.2) is 33.0 Å². The minimum absolute atomic E-state index is 0.0142. The summed E-state index contributed by atoms with van der Waals surface area (Å²) >= 11 is 0. The van der Waals surface area contributed by atoms with E-state index in [-0.39, 0.29) is 34.7 Å². The molecule has 3 rings (SSSR count). The van der Waals surface area contributed by atoms with Crippen molar-refractivity contribution in [1.82, 2.24) is 9.61 Å². The first kappa shape index (κ1) is 17.1. The fraction of sp³-hybridized carbons (Fsp3) is 0.118. The lowest BCUT2D eigenvalue weighted by molar-refractivity contribution is -0.384.